The zero-order valence-corrected chi connectivity index (χ0v) is 22.9. The molecule has 0 spiro atoms. The van der Waals surface area contributed by atoms with Crippen LogP contribution in [-0.4, -0.2) is 18.7 Å². The molecule has 0 aliphatic carbocycles. The van der Waals surface area contributed by atoms with Crippen LogP contribution in [0.1, 0.15) is 36.0 Å². The van der Waals surface area contributed by atoms with Gasteiger partial charge in [0, 0.05) is 5.56 Å². The summed E-state index contributed by atoms with van der Waals surface area (Å²) in [6.07, 6.45) is 5.54. The van der Waals surface area contributed by atoms with Gasteiger partial charge in [0.25, 0.3) is 0 Å². The molecule has 3 nitrogen and oxygen atoms in total. The van der Waals surface area contributed by atoms with Crippen molar-refractivity contribution in [2.75, 3.05) is 12.8 Å². The van der Waals surface area contributed by atoms with Crippen LogP contribution in [0.25, 0.3) is 0 Å². The summed E-state index contributed by atoms with van der Waals surface area (Å²) in [6.45, 7) is 0.637. The molecule has 0 atom stereocenters. The Morgan fingerprint density at radius 3 is 1.64 bits per heavy atom. The number of nitrogens with two attached hydrogens (primary N) is 1. The van der Waals surface area contributed by atoms with Crippen LogP contribution in [0.5, 0.6) is 5.75 Å². The fourth-order valence-corrected chi connectivity index (χ4v) is 9.03. The number of unbranched alkanes of at least 4 members (excludes halogenated alkanes) is 3. The number of hydrogen-bond donors (Lipinski definition) is 1. The lowest BCUT2D eigenvalue weighted by molar-refractivity contribution is -0.0000155. The molecule has 0 aliphatic rings. The van der Waals surface area contributed by atoms with Gasteiger partial charge in [-0.25, -0.2) is 0 Å². The molecule has 0 aromatic heterocycles. The van der Waals surface area contributed by atoms with E-state index < -0.39 is 13.2 Å². The molecule has 0 saturated carbocycles. The van der Waals surface area contributed by atoms with Crippen LogP contribution in [0.4, 0.5) is 0 Å². The van der Waals surface area contributed by atoms with E-state index in [1.807, 2.05) is 6.07 Å². The third kappa shape index (κ3) is 6.84. The summed E-state index contributed by atoms with van der Waals surface area (Å²) < 4.78 is 5.85. The normalized spacial score (nSPS) is 10.9. The van der Waals surface area contributed by atoms with Crippen LogP contribution >= 0.6 is 7.26 Å². The van der Waals surface area contributed by atoms with E-state index in [9.17, 15) is 4.79 Å². The van der Waals surface area contributed by atoms with Crippen LogP contribution < -0.4 is 43.4 Å². The summed E-state index contributed by atoms with van der Waals surface area (Å²) in [5, 5.41) is 4.32. The maximum absolute atomic E-state index is 11.4. The minimum absolute atomic E-state index is 0. The number of carbonyl (C=O) groups excluding carboxylic acids is 1. The molecule has 186 valence electrons. The van der Waals surface area contributed by atoms with Gasteiger partial charge in [0.15, 0.2) is 0 Å². The molecule has 0 bridgehead atoms. The predicted molar refractivity (Wildman–Crippen MR) is 149 cm³/mol. The van der Waals surface area contributed by atoms with Gasteiger partial charge in [-0.05, 0) is 80.3 Å². The summed E-state index contributed by atoms with van der Waals surface area (Å²) >= 11 is 0. The minimum Gasteiger partial charge on any atom is -1.00 e. The van der Waals surface area contributed by atoms with Crippen LogP contribution in [0.2, 0.25) is 0 Å². The summed E-state index contributed by atoms with van der Waals surface area (Å²) in [7, 11) is -1.75. The fourth-order valence-electron chi connectivity index (χ4n) is 4.62. The van der Waals surface area contributed by atoms with Gasteiger partial charge >= 0.3 is 0 Å². The molecule has 4 rings (SSSR count). The predicted octanol–water partition coefficient (Wildman–Crippen LogP) is 2.72. The SMILES string of the molecule is NC(=O)c1cccc(OCCCCCC[P+](c2ccccc2)(c2ccccc2)c2ccccc2)c1.[Br-]. The number of hydrogen-bond acceptors (Lipinski definition) is 2. The van der Waals surface area contributed by atoms with Gasteiger partial charge < -0.3 is 27.5 Å². The van der Waals surface area contributed by atoms with Crippen molar-refractivity contribution in [1.82, 2.24) is 0 Å². The molecular weight excluding hydrogens is 529 g/mol. The number of amides is 1. The Morgan fingerprint density at radius 2 is 1.14 bits per heavy atom. The summed E-state index contributed by atoms with van der Waals surface area (Å²) in [5.41, 5.74) is 5.84. The Morgan fingerprint density at radius 1 is 0.639 bits per heavy atom. The Bertz CT molecular complexity index is 1110. The zero-order valence-electron chi connectivity index (χ0n) is 20.4. The highest BCUT2D eigenvalue weighted by atomic mass is 79.9. The maximum atomic E-state index is 11.4. The third-order valence-electron chi connectivity index (χ3n) is 6.37. The first kappa shape index (κ1) is 27.6. The summed E-state index contributed by atoms with van der Waals surface area (Å²) in [4.78, 5) is 11.4. The number of halogens is 1. The second kappa shape index (κ2) is 14.0. The van der Waals surface area contributed by atoms with E-state index in [0.717, 1.165) is 31.8 Å². The lowest BCUT2D eigenvalue weighted by atomic mass is 10.2. The van der Waals surface area contributed by atoms with Crippen molar-refractivity contribution in [3.63, 3.8) is 0 Å². The Balaban J connectivity index is 0.00000361. The fraction of sp³-hybridized carbons (Fsp3) is 0.194. The molecule has 1 amide bonds. The van der Waals surface area contributed by atoms with Gasteiger partial charge in [-0.1, -0.05) is 60.7 Å². The number of benzene rings is 4. The Hall–Kier alpha value is -2.94. The first-order chi connectivity index (χ1) is 17.2. The van der Waals surface area contributed by atoms with Crippen LogP contribution in [0.3, 0.4) is 0 Å². The average molecular weight is 562 g/mol. The van der Waals surface area contributed by atoms with E-state index in [4.69, 9.17) is 10.5 Å². The van der Waals surface area contributed by atoms with Crippen molar-refractivity contribution in [2.45, 2.75) is 25.7 Å². The zero-order chi connectivity index (χ0) is 24.3. The molecular formula is C31H33BrNO2P. The van der Waals surface area contributed by atoms with Crippen molar-refractivity contribution in [3.8, 4) is 5.75 Å². The number of ether oxygens (including phenoxy) is 1. The molecule has 4 aromatic rings. The summed E-state index contributed by atoms with van der Waals surface area (Å²) in [5.74, 6) is 0.265. The highest BCUT2D eigenvalue weighted by Crippen LogP contribution is 2.55. The Labute approximate surface area is 225 Å². The van der Waals surface area contributed by atoms with Crippen LogP contribution in [0.15, 0.2) is 115 Å². The average Bonchev–Trinajstić information content (AvgIpc) is 2.92. The molecule has 0 aliphatic heterocycles. The molecule has 0 unspecified atom stereocenters. The number of rotatable bonds is 12. The summed E-state index contributed by atoms with van der Waals surface area (Å²) in [6, 6.07) is 40.2. The minimum atomic E-state index is -1.75. The van der Waals surface area contributed by atoms with Crippen molar-refractivity contribution in [2.24, 2.45) is 5.73 Å². The van der Waals surface area contributed by atoms with E-state index in [2.05, 4.69) is 91.0 Å². The second-order valence-electron chi connectivity index (χ2n) is 8.69. The van der Waals surface area contributed by atoms with Gasteiger partial charge in [0.2, 0.25) is 5.91 Å². The van der Waals surface area contributed by atoms with E-state index in [0.29, 0.717) is 17.9 Å². The number of carbonyl (C=O) groups is 1. The van der Waals surface area contributed by atoms with Crippen LogP contribution in [-0.2, 0) is 0 Å². The largest absolute Gasteiger partial charge is 1.00 e. The molecule has 0 heterocycles. The van der Waals surface area contributed by atoms with E-state index in [-0.39, 0.29) is 17.0 Å². The van der Waals surface area contributed by atoms with Gasteiger partial charge in [0.1, 0.15) is 28.9 Å². The first-order valence-electron chi connectivity index (χ1n) is 12.3. The molecule has 0 fully saturated rings. The van der Waals surface area contributed by atoms with E-state index in [1.54, 1.807) is 18.2 Å². The molecule has 4 aromatic carbocycles. The monoisotopic (exact) mass is 561 g/mol. The van der Waals surface area contributed by atoms with Gasteiger partial charge in [-0.3, -0.25) is 4.79 Å². The second-order valence-corrected chi connectivity index (χ2v) is 12.3. The molecule has 0 radical (unpaired) electrons. The highest BCUT2D eigenvalue weighted by Gasteiger charge is 2.44. The number of primary amides is 1. The Kier molecular flexibility index (Phi) is 10.7. The molecule has 0 saturated heterocycles. The highest BCUT2D eigenvalue weighted by molar-refractivity contribution is 7.95. The first-order valence-corrected chi connectivity index (χ1v) is 14.3. The van der Waals surface area contributed by atoms with Gasteiger partial charge in [-0.2, -0.15) is 0 Å². The smallest absolute Gasteiger partial charge is 0.248 e. The van der Waals surface area contributed by atoms with E-state index in [1.165, 1.54) is 15.9 Å². The van der Waals surface area contributed by atoms with Crippen LogP contribution in [0, 0.1) is 0 Å². The van der Waals surface area contributed by atoms with Crippen molar-refractivity contribution < 1.29 is 26.5 Å². The van der Waals surface area contributed by atoms with Crippen molar-refractivity contribution in [1.29, 1.82) is 0 Å². The molecule has 5 heteroatoms. The maximum Gasteiger partial charge on any atom is 0.248 e. The third-order valence-corrected chi connectivity index (χ3v) is 10.9. The van der Waals surface area contributed by atoms with Crippen molar-refractivity contribution >= 4 is 29.1 Å². The van der Waals surface area contributed by atoms with Gasteiger partial charge in [-0.15, -0.1) is 0 Å². The lowest BCUT2D eigenvalue weighted by Crippen LogP contribution is -3.00. The molecule has 2 N–H and O–H groups in total. The van der Waals surface area contributed by atoms with Crippen molar-refractivity contribution in [3.05, 3.63) is 121 Å². The quantitative estimate of drug-likeness (QED) is 0.213. The molecule has 36 heavy (non-hydrogen) atoms. The lowest BCUT2D eigenvalue weighted by Gasteiger charge is -2.27. The standard InChI is InChI=1S/C31H32NO2P.BrH/c32-31(33)26-15-14-16-27(25-26)34-23-12-1-2-13-24-35(28-17-6-3-7-18-28,29-19-8-4-9-20-29)30-21-10-5-11-22-30;/h3-11,14-22,25H,1-2,12-13,23-24H2,(H-,32,33);1H. The van der Waals surface area contributed by atoms with E-state index >= 15 is 0 Å². The topological polar surface area (TPSA) is 52.3 Å². The van der Waals surface area contributed by atoms with Gasteiger partial charge in [0.05, 0.1) is 12.8 Å².